The Morgan fingerprint density at radius 3 is 2.41 bits per heavy atom. The Balaban J connectivity index is 1.26. The van der Waals surface area contributed by atoms with E-state index in [1.165, 1.54) is 31.4 Å². The van der Waals surface area contributed by atoms with E-state index in [2.05, 4.69) is 5.32 Å². The monoisotopic (exact) mass is 400 g/mol. The third-order valence-electron chi connectivity index (χ3n) is 6.99. The summed E-state index contributed by atoms with van der Waals surface area (Å²) in [7, 11) is 0. The van der Waals surface area contributed by atoms with Gasteiger partial charge in [-0.15, -0.1) is 0 Å². The molecule has 29 heavy (non-hydrogen) atoms. The largest absolute Gasteiger partial charge is 0.456 e. The molecule has 0 heterocycles. The highest BCUT2D eigenvalue weighted by Gasteiger charge is 2.51. The summed E-state index contributed by atoms with van der Waals surface area (Å²) < 4.78 is 5.34. The molecule has 1 aromatic rings. The lowest BCUT2D eigenvalue weighted by Gasteiger charge is -2.56. The molecule has 1 N–H and O–H groups in total. The van der Waals surface area contributed by atoms with E-state index in [0.717, 1.165) is 37.0 Å². The highest BCUT2D eigenvalue weighted by molar-refractivity contribution is 5.82. The average molecular weight is 400 g/mol. The van der Waals surface area contributed by atoms with Gasteiger partial charge >= 0.3 is 5.97 Å². The lowest BCUT2D eigenvalue weighted by Crippen LogP contribution is -2.48. The number of carbonyl (C=O) groups is 2. The lowest BCUT2D eigenvalue weighted by molar-refractivity contribution is -0.385. The van der Waals surface area contributed by atoms with E-state index in [0.29, 0.717) is 12.0 Å². The van der Waals surface area contributed by atoms with E-state index < -0.39 is 17.0 Å². The van der Waals surface area contributed by atoms with Gasteiger partial charge in [-0.1, -0.05) is 12.1 Å². The van der Waals surface area contributed by atoms with Gasteiger partial charge in [-0.2, -0.15) is 0 Å². The summed E-state index contributed by atoms with van der Waals surface area (Å²) in [5, 5.41) is 13.6. The Kier molecular flexibility index (Phi) is 5.32. The normalized spacial score (nSPS) is 30.6. The maximum Gasteiger partial charge on any atom is 0.326 e. The molecule has 5 rings (SSSR count). The fraction of sp³-hybridized carbons (Fsp3) is 0.636. The smallest absolute Gasteiger partial charge is 0.326 e. The molecule has 0 radical (unpaired) electrons. The molecule has 4 saturated carbocycles. The number of benzene rings is 1. The molecule has 0 aliphatic heterocycles. The van der Waals surface area contributed by atoms with Gasteiger partial charge in [0, 0.05) is 18.6 Å². The molecule has 7 nitrogen and oxygen atoms in total. The summed E-state index contributed by atoms with van der Waals surface area (Å²) in [6, 6.07) is 6.02. The maximum atomic E-state index is 12.5. The van der Waals surface area contributed by atoms with Crippen LogP contribution in [0.1, 0.15) is 63.5 Å². The Morgan fingerprint density at radius 2 is 1.83 bits per heavy atom. The Labute approximate surface area is 170 Å². The van der Waals surface area contributed by atoms with E-state index >= 15 is 0 Å². The van der Waals surface area contributed by atoms with Crippen molar-refractivity contribution in [2.24, 2.45) is 23.2 Å². The topological polar surface area (TPSA) is 98.5 Å². The van der Waals surface area contributed by atoms with E-state index in [9.17, 15) is 19.7 Å². The minimum Gasteiger partial charge on any atom is -0.456 e. The van der Waals surface area contributed by atoms with Crippen LogP contribution in [0.5, 0.6) is 0 Å². The molecule has 4 aliphatic rings. The number of hydrogen-bond donors (Lipinski definition) is 1. The Bertz CT molecular complexity index is 786. The van der Waals surface area contributed by atoms with Crippen molar-refractivity contribution < 1.29 is 19.2 Å². The first kappa shape index (κ1) is 19.9. The van der Waals surface area contributed by atoms with Gasteiger partial charge in [0.1, 0.15) is 12.6 Å². The molecule has 1 aromatic carbocycles. The van der Waals surface area contributed by atoms with Crippen molar-refractivity contribution in [1.82, 2.24) is 5.32 Å². The van der Waals surface area contributed by atoms with Gasteiger partial charge in [0.05, 0.1) is 4.92 Å². The first-order chi connectivity index (χ1) is 13.8. The molecule has 4 aliphatic carbocycles. The molecule has 0 unspecified atom stereocenters. The number of amides is 1. The Morgan fingerprint density at radius 1 is 1.21 bits per heavy atom. The minimum absolute atomic E-state index is 0.0470. The third-order valence-corrected chi connectivity index (χ3v) is 6.99. The van der Waals surface area contributed by atoms with Crippen LogP contribution in [0.15, 0.2) is 24.3 Å². The quantitative estimate of drug-likeness (QED) is 0.425. The molecule has 0 aromatic heterocycles. The SMILES string of the molecule is C[C@H](OC(=O)CNC(=O)CC12CC3CC(CC(C3)C1)C2)c1cccc([N+](=O)[O-])c1. The number of nitro benzene ring substituents is 1. The number of rotatable bonds is 7. The predicted molar refractivity (Wildman–Crippen MR) is 106 cm³/mol. The molecular formula is C22H28N2O5. The molecule has 4 bridgehead atoms. The van der Waals surface area contributed by atoms with Gasteiger partial charge in [-0.25, -0.2) is 0 Å². The second-order valence-corrected chi connectivity index (χ2v) is 9.36. The van der Waals surface area contributed by atoms with Gasteiger partial charge in [-0.05, 0) is 74.2 Å². The number of esters is 1. The first-order valence-electron chi connectivity index (χ1n) is 10.5. The average Bonchev–Trinajstić information content (AvgIpc) is 2.65. The van der Waals surface area contributed by atoms with Crippen LogP contribution < -0.4 is 5.32 Å². The highest BCUT2D eigenvalue weighted by atomic mass is 16.6. The summed E-state index contributed by atoms with van der Waals surface area (Å²) >= 11 is 0. The number of ether oxygens (including phenoxy) is 1. The summed E-state index contributed by atoms with van der Waals surface area (Å²) in [6.45, 7) is 1.48. The number of nitrogens with one attached hydrogen (secondary N) is 1. The molecular weight excluding hydrogens is 372 g/mol. The van der Waals surface area contributed by atoms with Crippen molar-refractivity contribution in [3.63, 3.8) is 0 Å². The van der Waals surface area contributed by atoms with Crippen LogP contribution in [-0.2, 0) is 14.3 Å². The van der Waals surface area contributed by atoms with Crippen molar-refractivity contribution in [2.75, 3.05) is 6.54 Å². The number of hydrogen-bond acceptors (Lipinski definition) is 5. The Hall–Kier alpha value is -2.44. The molecule has 0 spiro atoms. The summed E-state index contributed by atoms with van der Waals surface area (Å²) in [5.74, 6) is 1.74. The number of nitrogens with zero attached hydrogens (tertiary/aromatic N) is 1. The molecule has 7 heteroatoms. The van der Waals surface area contributed by atoms with Crippen molar-refractivity contribution >= 4 is 17.6 Å². The summed E-state index contributed by atoms with van der Waals surface area (Å²) in [6.07, 6.45) is 7.35. The van der Waals surface area contributed by atoms with Crippen molar-refractivity contribution in [3.8, 4) is 0 Å². The van der Waals surface area contributed by atoms with Crippen LogP contribution in [0, 0.1) is 33.3 Å². The zero-order valence-electron chi connectivity index (χ0n) is 16.8. The predicted octanol–water partition coefficient (Wildman–Crippen LogP) is 3.92. The van der Waals surface area contributed by atoms with E-state index in [1.54, 1.807) is 19.1 Å². The van der Waals surface area contributed by atoms with Crippen molar-refractivity contribution in [2.45, 2.75) is 58.0 Å². The second kappa shape index (κ2) is 7.76. The molecule has 4 fully saturated rings. The fourth-order valence-electron chi connectivity index (χ4n) is 6.28. The highest BCUT2D eigenvalue weighted by Crippen LogP contribution is 2.61. The maximum absolute atomic E-state index is 12.5. The van der Waals surface area contributed by atoms with Crippen LogP contribution in [0.25, 0.3) is 0 Å². The van der Waals surface area contributed by atoms with Gasteiger partial charge in [-0.3, -0.25) is 19.7 Å². The van der Waals surface area contributed by atoms with E-state index in [-0.39, 0.29) is 23.6 Å². The first-order valence-corrected chi connectivity index (χ1v) is 10.5. The lowest BCUT2D eigenvalue weighted by atomic mass is 9.49. The summed E-state index contributed by atoms with van der Waals surface area (Å²) in [5.41, 5.74) is 0.639. The number of carbonyl (C=O) groups excluding carboxylic acids is 2. The standard InChI is InChI=1S/C22H28N2O5/c1-14(18-3-2-4-19(8-18)24(27)28)29-21(26)13-23-20(25)12-22-9-15-5-16(10-22)7-17(6-15)11-22/h2-4,8,14-17H,5-7,9-13H2,1H3,(H,23,25)/t14-,15?,16?,17?,22?/m0/s1. The van der Waals surface area contributed by atoms with Crippen molar-refractivity contribution in [1.29, 1.82) is 0 Å². The molecule has 0 saturated heterocycles. The van der Waals surface area contributed by atoms with Gasteiger partial charge in [0.15, 0.2) is 0 Å². The molecule has 1 amide bonds. The second-order valence-electron chi connectivity index (χ2n) is 9.36. The third kappa shape index (κ3) is 4.43. The number of non-ortho nitro benzene ring substituents is 1. The zero-order valence-corrected chi connectivity index (χ0v) is 16.8. The van der Waals surface area contributed by atoms with E-state index in [1.807, 2.05) is 0 Å². The van der Waals surface area contributed by atoms with Crippen LogP contribution >= 0.6 is 0 Å². The molecule has 156 valence electrons. The number of nitro groups is 1. The van der Waals surface area contributed by atoms with Crippen LogP contribution in [0.4, 0.5) is 5.69 Å². The van der Waals surface area contributed by atoms with Gasteiger partial charge in [0.2, 0.25) is 5.91 Å². The zero-order chi connectivity index (χ0) is 20.6. The molecule has 1 atom stereocenters. The minimum atomic E-state index is -0.623. The van der Waals surface area contributed by atoms with Gasteiger partial charge < -0.3 is 10.1 Å². The van der Waals surface area contributed by atoms with Crippen LogP contribution in [0.3, 0.4) is 0 Å². The van der Waals surface area contributed by atoms with Crippen LogP contribution in [-0.4, -0.2) is 23.3 Å². The van der Waals surface area contributed by atoms with Gasteiger partial charge in [0.25, 0.3) is 5.69 Å². The van der Waals surface area contributed by atoms with Crippen molar-refractivity contribution in [3.05, 3.63) is 39.9 Å². The summed E-state index contributed by atoms with van der Waals surface area (Å²) in [4.78, 5) is 35.1. The van der Waals surface area contributed by atoms with E-state index in [4.69, 9.17) is 4.74 Å². The van der Waals surface area contributed by atoms with Crippen LogP contribution in [0.2, 0.25) is 0 Å². The fourth-order valence-corrected chi connectivity index (χ4v) is 6.28.